The lowest BCUT2D eigenvalue weighted by atomic mass is 10.2. The highest BCUT2D eigenvalue weighted by molar-refractivity contribution is 5.88. The Balaban J connectivity index is 1.48. The van der Waals surface area contributed by atoms with Gasteiger partial charge >= 0.3 is 6.03 Å². The van der Waals surface area contributed by atoms with Gasteiger partial charge in [0.15, 0.2) is 5.82 Å². The van der Waals surface area contributed by atoms with E-state index in [0.29, 0.717) is 25.5 Å². The molecule has 22 heavy (non-hydrogen) atoms. The monoisotopic (exact) mass is 308 g/mol. The molecule has 1 aromatic heterocycles. The van der Waals surface area contributed by atoms with Gasteiger partial charge in [0.25, 0.3) is 0 Å². The smallest absolute Gasteiger partial charge is 0.323 e. The van der Waals surface area contributed by atoms with Gasteiger partial charge in [-0.05, 0) is 32.7 Å². The third-order valence-electron chi connectivity index (χ3n) is 4.18. The maximum atomic E-state index is 12.3. The van der Waals surface area contributed by atoms with Gasteiger partial charge in [0.1, 0.15) is 6.26 Å². The average Bonchev–Trinajstić information content (AvgIpc) is 3.21. The third kappa shape index (κ3) is 3.98. The fourth-order valence-corrected chi connectivity index (χ4v) is 2.77. The van der Waals surface area contributed by atoms with E-state index in [9.17, 15) is 4.79 Å². The number of rotatable bonds is 5. The van der Waals surface area contributed by atoms with E-state index in [0.717, 1.165) is 24.6 Å². The molecule has 1 aliphatic carbocycles. The summed E-state index contributed by atoms with van der Waals surface area (Å²) in [5.74, 6) is 1.35. The van der Waals surface area contributed by atoms with Crippen molar-refractivity contribution >= 4 is 11.8 Å². The highest BCUT2D eigenvalue weighted by atomic mass is 16.5. The number of aromatic nitrogens is 1. The topological polar surface area (TPSA) is 70.8 Å². The molecule has 1 saturated carbocycles. The van der Waals surface area contributed by atoms with Crippen molar-refractivity contribution in [2.75, 3.05) is 45.2 Å². The lowest BCUT2D eigenvalue weighted by molar-refractivity contribution is -0.0261. The van der Waals surface area contributed by atoms with Crippen LogP contribution in [0.25, 0.3) is 0 Å². The molecule has 0 radical (unpaired) electrons. The van der Waals surface area contributed by atoms with Crippen molar-refractivity contribution in [1.82, 2.24) is 15.0 Å². The van der Waals surface area contributed by atoms with Crippen LogP contribution in [0.3, 0.4) is 0 Å². The van der Waals surface area contributed by atoms with Crippen molar-refractivity contribution in [3.05, 3.63) is 11.8 Å². The quantitative estimate of drug-likeness (QED) is 0.894. The molecule has 2 fully saturated rings. The second kappa shape index (κ2) is 6.66. The standard InChI is InChI=1S/C15H24N4O3/c1-11-10-22-17-14(11)16-15(20)19-5-6-21-13(9-19)8-18(2)7-12-3-4-12/h10,12-13H,3-9H2,1-2H3,(H,16,17,20)/t13-/m1/s1. The van der Waals surface area contributed by atoms with Crippen LogP contribution in [-0.4, -0.2) is 66.9 Å². The SMILES string of the molecule is Cc1conc1NC(=O)N1CCO[C@H](CN(C)CC2CC2)C1. The van der Waals surface area contributed by atoms with Crippen molar-refractivity contribution in [3.63, 3.8) is 0 Å². The van der Waals surface area contributed by atoms with Crippen LogP contribution < -0.4 is 5.32 Å². The first-order valence-electron chi connectivity index (χ1n) is 7.89. The predicted molar refractivity (Wildman–Crippen MR) is 81.8 cm³/mol. The Bertz CT molecular complexity index is 515. The Kier molecular flexibility index (Phi) is 4.63. The first kappa shape index (κ1) is 15.3. The Hall–Kier alpha value is -1.60. The molecule has 2 heterocycles. The summed E-state index contributed by atoms with van der Waals surface area (Å²) >= 11 is 0. The van der Waals surface area contributed by atoms with E-state index in [4.69, 9.17) is 9.26 Å². The Morgan fingerprint density at radius 1 is 1.50 bits per heavy atom. The molecule has 122 valence electrons. The number of morpholine rings is 1. The molecule has 2 amide bonds. The van der Waals surface area contributed by atoms with E-state index in [1.54, 1.807) is 4.90 Å². The van der Waals surface area contributed by atoms with E-state index >= 15 is 0 Å². The van der Waals surface area contributed by atoms with Gasteiger partial charge in [0.05, 0.1) is 12.7 Å². The Labute approximate surface area is 130 Å². The summed E-state index contributed by atoms with van der Waals surface area (Å²) in [6.07, 6.45) is 4.29. The zero-order valence-corrected chi connectivity index (χ0v) is 13.2. The molecule has 1 N–H and O–H groups in total. The highest BCUT2D eigenvalue weighted by Gasteiger charge is 2.28. The summed E-state index contributed by atoms with van der Waals surface area (Å²) in [6.45, 7) is 5.63. The van der Waals surface area contributed by atoms with E-state index in [2.05, 4.69) is 22.4 Å². The summed E-state index contributed by atoms with van der Waals surface area (Å²) in [6, 6.07) is -0.143. The summed E-state index contributed by atoms with van der Waals surface area (Å²) in [5, 5.41) is 6.57. The van der Waals surface area contributed by atoms with Gasteiger partial charge in [0.2, 0.25) is 0 Å². The molecule has 7 heteroatoms. The van der Waals surface area contributed by atoms with Crippen LogP contribution >= 0.6 is 0 Å². The second-order valence-corrected chi connectivity index (χ2v) is 6.38. The molecule has 1 aliphatic heterocycles. The molecule has 0 bridgehead atoms. The average molecular weight is 308 g/mol. The number of anilines is 1. The fourth-order valence-electron chi connectivity index (χ4n) is 2.77. The van der Waals surface area contributed by atoms with Gasteiger partial charge in [-0.25, -0.2) is 4.79 Å². The molecule has 1 atom stereocenters. The van der Waals surface area contributed by atoms with Gasteiger partial charge in [0, 0.05) is 31.7 Å². The molecule has 0 spiro atoms. The van der Waals surface area contributed by atoms with Crippen LogP contribution in [0.2, 0.25) is 0 Å². The zero-order valence-electron chi connectivity index (χ0n) is 13.2. The fraction of sp³-hybridized carbons (Fsp3) is 0.733. The summed E-state index contributed by atoms with van der Waals surface area (Å²) in [7, 11) is 2.12. The molecule has 2 aliphatic rings. The number of hydrogen-bond acceptors (Lipinski definition) is 5. The zero-order chi connectivity index (χ0) is 15.5. The first-order chi connectivity index (χ1) is 10.6. The number of urea groups is 1. The van der Waals surface area contributed by atoms with E-state index in [-0.39, 0.29) is 12.1 Å². The van der Waals surface area contributed by atoms with Crippen molar-refractivity contribution in [2.24, 2.45) is 5.92 Å². The van der Waals surface area contributed by atoms with Gasteiger partial charge < -0.3 is 19.1 Å². The molecule has 3 rings (SSSR count). The number of likely N-dealkylation sites (N-methyl/N-ethyl adjacent to an activating group) is 1. The van der Waals surface area contributed by atoms with Crippen LogP contribution in [-0.2, 0) is 4.74 Å². The highest BCUT2D eigenvalue weighted by Crippen LogP contribution is 2.29. The number of aryl methyl sites for hydroxylation is 1. The van der Waals surface area contributed by atoms with Crippen LogP contribution in [0.1, 0.15) is 18.4 Å². The minimum Gasteiger partial charge on any atom is -0.373 e. The minimum absolute atomic E-state index is 0.0710. The number of hydrogen-bond donors (Lipinski definition) is 1. The summed E-state index contributed by atoms with van der Waals surface area (Å²) < 4.78 is 10.6. The summed E-state index contributed by atoms with van der Waals surface area (Å²) in [5.41, 5.74) is 0.822. The van der Waals surface area contributed by atoms with Gasteiger partial charge in [-0.15, -0.1) is 0 Å². The Morgan fingerprint density at radius 2 is 2.32 bits per heavy atom. The second-order valence-electron chi connectivity index (χ2n) is 6.38. The first-order valence-corrected chi connectivity index (χ1v) is 7.89. The number of nitrogens with one attached hydrogen (secondary N) is 1. The minimum atomic E-state index is -0.143. The van der Waals surface area contributed by atoms with Crippen LogP contribution in [0.4, 0.5) is 10.6 Å². The number of amides is 2. The van der Waals surface area contributed by atoms with Gasteiger partial charge in [-0.3, -0.25) is 5.32 Å². The van der Waals surface area contributed by atoms with Crippen LogP contribution in [0, 0.1) is 12.8 Å². The van der Waals surface area contributed by atoms with Crippen LogP contribution in [0.5, 0.6) is 0 Å². The van der Waals surface area contributed by atoms with Crippen molar-refractivity contribution in [2.45, 2.75) is 25.9 Å². The largest absolute Gasteiger partial charge is 0.373 e. The van der Waals surface area contributed by atoms with Crippen molar-refractivity contribution in [3.8, 4) is 0 Å². The van der Waals surface area contributed by atoms with Crippen molar-refractivity contribution < 1.29 is 14.1 Å². The van der Waals surface area contributed by atoms with Crippen molar-refractivity contribution in [1.29, 1.82) is 0 Å². The van der Waals surface area contributed by atoms with Gasteiger partial charge in [-0.1, -0.05) is 5.16 Å². The maximum absolute atomic E-state index is 12.3. The number of carbonyl (C=O) groups is 1. The normalized spacial score (nSPS) is 22.1. The lowest BCUT2D eigenvalue weighted by Gasteiger charge is -2.34. The van der Waals surface area contributed by atoms with E-state index in [1.165, 1.54) is 19.1 Å². The molecule has 7 nitrogen and oxygen atoms in total. The number of ether oxygens (including phenoxy) is 1. The molecular formula is C15H24N4O3. The molecule has 0 unspecified atom stereocenters. The lowest BCUT2D eigenvalue weighted by Crippen LogP contribution is -2.50. The number of carbonyl (C=O) groups excluding carboxylic acids is 1. The van der Waals surface area contributed by atoms with Gasteiger partial charge in [-0.2, -0.15) is 0 Å². The van der Waals surface area contributed by atoms with E-state index < -0.39 is 0 Å². The summed E-state index contributed by atoms with van der Waals surface area (Å²) in [4.78, 5) is 16.4. The third-order valence-corrected chi connectivity index (χ3v) is 4.18. The van der Waals surface area contributed by atoms with E-state index in [1.807, 2.05) is 6.92 Å². The maximum Gasteiger partial charge on any atom is 0.323 e. The Morgan fingerprint density at radius 3 is 3.00 bits per heavy atom. The molecule has 0 aromatic carbocycles. The molecule has 1 saturated heterocycles. The molecular weight excluding hydrogens is 284 g/mol. The van der Waals surface area contributed by atoms with Crippen LogP contribution in [0.15, 0.2) is 10.8 Å². The number of nitrogens with zero attached hydrogens (tertiary/aromatic N) is 3. The molecule has 1 aromatic rings. The predicted octanol–water partition coefficient (Wildman–Crippen LogP) is 1.56.